The third kappa shape index (κ3) is 4.92. The maximum absolute atomic E-state index is 12.8. The predicted molar refractivity (Wildman–Crippen MR) is 105 cm³/mol. The van der Waals surface area contributed by atoms with E-state index in [4.69, 9.17) is 0 Å². The number of nitrogens with one attached hydrogen (secondary N) is 3. The lowest BCUT2D eigenvalue weighted by atomic mass is 9.73. The van der Waals surface area contributed by atoms with Crippen LogP contribution in [0.15, 0.2) is 0 Å². The number of imide groups is 1. The van der Waals surface area contributed by atoms with Crippen LogP contribution in [0.5, 0.6) is 0 Å². The number of halogens is 1. The molecule has 3 aliphatic rings. The largest absolute Gasteiger partial charge is 0.354 e. The molecule has 3 rings (SSSR count). The number of amides is 4. The Morgan fingerprint density at radius 1 is 1.26 bits per heavy atom. The quantitative estimate of drug-likeness (QED) is 0.440. The molecule has 27 heavy (non-hydrogen) atoms. The molecule has 0 aromatic rings. The van der Waals surface area contributed by atoms with E-state index in [-0.39, 0.29) is 36.7 Å². The molecule has 8 nitrogen and oxygen atoms in total. The molecule has 4 amide bonds. The van der Waals surface area contributed by atoms with Crippen LogP contribution in [0.2, 0.25) is 0 Å². The van der Waals surface area contributed by atoms with Gasteiger partial charge >= 0.3 is 6.03 Å². The van der Waals surface area contributed by atoms with Crippen molar-refractivity contribution in [1.82, 2.24) is 25.8 Å². The van der Waals surface area contributed by atoms with E-state index in [9.17, 15) is 14.4 Å². The first-order valence-corrected chi connectivity index (χ1v) is 9.87. The topological polar surface area (TPSA) is 93.8 Å². The van der Waals surface area contributed by atoms with Gasteiger partial charge in [-0.15, -0.1) is 12.4 Å². The normalized spacial score (nSPS) is 28.8. The lowest BCUT2D eigenvalue weighted by Gasteiger charge is -2.36. The summed E-state index contributed by atoms with van der Waals surface area (Å²) >= 11 is 0. The second-order valence-electron chi connectivity index (χ2n) is 7.73. The maximum Gasteiger partial charge on any atom is 0.325 e. The van der Waals surface area contributed by atoms with Crippen LogP contribution < -0.4 is 16.0 Å². The Morgan fingerprint density at radius 3 is 2.70 bits per heavy atom. The monoisotopic (exact) mass is 401 g/mol. The first-order chi connectivity index (χ1) is 12.5. The van der Waals surface area contributed by atoms with Gasteiger partial charge < -0.3 is 20.9 Å². The van der Waals surface area contributed by atoms with Gasteiger partial charge in [-0.2, -0.15) is 0 Å². The van der Waals surface area contributed by atoms with Crippen LogP contribution in [0.4, 0.5) is 4.79 Å². The Morgan fingerprint density at radius 2 is 2.00 bits per heavy atom. The van der Waals surface area contributed by atoms with Crippen LogP contribution in [0.1, 0.15) is 39.0 Å². The molecule has 2 saturated heterocycles. The summed E-state index contributed by atoms with van der Waals surface area (Å²) in [5.74, 6) is -0.389. The molecule has 9 heteroatoms. The molecule has 154 valence electrons. The van der Waals surface area contributed by atoms with Crippen molar-refractivity contribution in [3.63, 3.8) is 0 Å². The standard InChI is InChI=1S/C18H31N5O3.ClH/c1-14-5-2-3-6-18(14)16(25)23(17(26)21-18)13-15(24)20-7-4-10-22-11-8-19-9-12-22;/h14,19H,2-13H2,1H3,(H,20,24)(H,21,26);1H. The zero-order chi connectivity index (χ0) is 18.6. The van der Waals surface area contributed by atoms with Crippen LogP contribution in [0, 0.1) is 5.92 Å². The van der Waals surface area contributed by atoms with Crippen LogP contribution in [0.25, 0.3) is 0 Å². The number of hydrogen-bond donors (Lipinski definition) is 3. The number of nitrogens with zero attached hydrogens (tertiary/aromatic N) is 2. The van der Waals surface area contributed by atoms with Crippen molar-refractivity contribution in [1.29, 1.82) is 0 Å². The molecule has 1 saturated carbocycles. The summed E-state index contributed by atoms with van der Waals surface area (Å²) in [6.07, 6.45) is 4.48. The van der Waals surface area contributed by atoms with Crippen molar-refractivity contribution >= 4 is 30.3 Å². The van der Waals surface area contributed by atoms with E-state index in [2.05, 4.69) is 20.9 Å². The van der Waals surface area contributed by atoms with Crippen LogP contribution in [-0.4, -0.2) is 79.0 Å². The summed E-state index contributed by atoms with van der Waals surface area (Å²) in [7, 11) is 0. The molecule has 2 atom stereocenters. The fourth-order valence-corrected chi connectivity index (χ4v) is 4.30. The van der Waals surface area contributed by atoms with E-state index in [1.807, 2.05) is 6.92 Å². The van der Waals surface area contributed by atoms with Gasteiger partial charge in [0.25, 0.3) is 5.91 Å². The van der Waals surface area contributed by atoms with E-state index in [0.29, 0.717) is 13.0 Å². The van der Waals surface area contributed by atoms with Gasteiger partial charge in [-0.3, -0.25) is 14.5 Å². The Balaban J connectivity index is 0.00000261. The molecule has 3 N–H and O–H groups in total. The van der Waals surface area contributed by atoms with Crippen molar-refractivity contribution < 1.29 is 14.4 Å². The minimum Gasteiger partial charge on any atom is -0.354 e. The molecule has 0 radical (unpaired) electrons. The molecule has 2 unspecified atom stereocenters. The summed E-state index contributed by atoms with van der Waals surface area (Å²) < 4.78 is 0. The summed E-state index contributed by atoms with van der Waals surface area (Å²) in [6, 6.07) is -0.431. The van der Waals surface area contributed by atoms with E-state index < -0.39 is 11.6 Å². The molecule has 1 spiro atoms. The van der Waals surface area contributed by atoms with Gasteiger partial charge in [0.1, 0.15) is 12.1 Å². The summed E-state index contributed by atoms with van der Waals surface area (Å²) in [6.45, 7) is 7.44. The highest BCUT2D eigenvalue weighted by Crippen LogP contribution is 2.38. The number of rotatable bonds is 6. The van der Waals surface area contributed by atoms with Crippen LogP contribution >= 0.6 is 12.4 Å². The summed E-state index contributed by atoms with van der Waals surface area (Å²) in [5.41, 5.74) is -0.794. The van der Waals surface area contributed by atoms with Crippen molar-refractivity contribution in [2.75, 3.05) is 45.8 Å². The summed E-state index contributed by atoms with van der Waals surface area (Å²) in [5, 5.41) is 9.03. The third-order valence-corrected chi connectivity index (χ3v) is 5.99. The smallest absolute Gasteiger partial charge is 0.325 e. The lowest BCUT2D eigenvalue weighted by molar-refractivity contribution is -0.137. The van der Waals surface area contributed by atoms with Gasteiger partial charge in [0, 0.05) is 32.7 Å². The molecular weight excluding hydrogens is 370 g/mol. The first kappa shape index (κ1) is 21.9. The second-order valence-corrected chi connectivity index (χ2v) is 7.73. The van der Waals surface area contributed by atoms with Crippen molar-refractivity contribution in [3.8, 4) is 0 Å². The van der Waals surface area contributed by atoms with Gasteiger partial charge in [0.15, 0.2) is 0 Å². The zero-order valence-electron chi connectivity index (χ0n) is 16.1. The molecule has 3 fully saturated rings. The summed E-state index contributed by atoms with van der Waals surface area (Å²) in [4.78, 5) is 40.7. The molecule has 2 heterocycles. The van der Waals surface area contributed by atoms with Crippen molar-refractivity contribution in [3.05, 3.63) is 0 Å². The molecule has 0 bridgehead atoms. The molecule has 2 aliphatic heterocycles. The zero-order valence-corrected chi connectivity index (χ0v) is 16.9. The molecule has 0 aromatic heterocycles. The highest BCUT2D eigenvalue weighted by molar-refractivity contribution is 6.09. The predicted octanol–water partition coefficient (Wildman–Crippen LogP) is 0.320. The van der Waals surface area contributed by atoms with E-state index in [1.54, 1.807) is 0 Å². The Labute approximate surface area is 167 Å². The van der Waals surface area contributed by atoms with Gasteiger partial charge in [-0.1, -0.05) is 19.8 Å². The van der Waals surface area contributed by atoms with Crippen LogP contribution in [0.3, 0.4) is 0 Å². The fraction of sp³-hybridized carbons (Fsp3) is 0.833. The average Bonchev–Trinajstić information content (AvgIpc) is 2.87. The minimum atomic E-state index is -0.794. The number of carbonyl (C=O) groups excluding carboxylic acids is 3. The first-order valence-electron chi connectivity index (χ1n) is 9.87. The Hall–Kier alpha value is -1.38. The van der Waals surface area contributed by atoms with E-state index >= 15 is 0 Å². The third-order valence-electron chi connectivity index (χ3n) is 5.99. The minimum absolute atomic E-state index is 0. The van der Waals surface area contributed by atoms with Crippen LogP contribution in [-0.2, 0) is 9.59 Å². The fourth-order valence-electron chi connectivity index (χ4n) is 4.30. The Bertz CT molecular complexity index is 555. The number of piperazine rings is 1. The van der Waals surface area contributed by atoms with Gasteiger partial charge in [0.2, 0.25) is 5.91 Å². The van der Waals surface area contributed by atoms with Gasteiger partial charge in [0.05, 0.1) is 0 Å². The SMILES string of the molecule is CC1CCCCC12NC(=O)N(CC(=O)NCCCN1CCNCC1)C2=O.Cl. The van der Waals surface area contributed by atoms with E-state index in [1.165, 1.54) is 0 Å². The van der Waals surface area contributed by atoms with Gasteiger partial charge in [-0.05, 0) is 31.7 Å². The molecular formula is C18H32ClN5O3. The highest BCUT2D eigenvalue weighted by atomic mass is 35.5. The number of carbonyl (C=O) groups is 3. The van der Waals surface area contributed by atoms with Crippen molar-refractivity contribution in [2.24, 2.45) is 5.92 Å². The second kappa shape index (κ2) is 9.71. The van der Waals surface area contributed by atoms with E-state index in [0.717, 1.165) is 63.3 Å². The number of urea groups is 1. The average molecular weight is 402 g/mol. The highest BCUT2D eigenvalue weighted by Gasteiger charge is 2.55. The number of hydrogen-bond acceptors (Lipinski definition) is 5. The van der Waals surface area contributed by atoms with Crippen molar-refractivity contribution in [2.45, 2.75) is 44.6 Å². The maximum atomic E-state index is 12.8. The molecule has 1 aliphatic carbocycles. The molecule has 0 aromatic carbocycles. The lowest BCUT2D eigenvalue weighted by Crippen LogP contribution is -2.54. The Kier molecular flexibility index (Phi) is 7.88. The van der Waals surface area contributed by atoms with Gasteiger partial charge in [-0.25, -0.2) is 4.79 Å².